The fourth-order valence-corrected chi connectivity index (χ4v) is 4.69. The maximum absolute atomic E-state index is 13.7. The third kappa shape index (κ3) is 4.29. The summed E-state index contributed by atoms with van der Waals surface area (Å²) in [5.74, 6) is -0.221. The van der Waals surface area contributed by atoms with E-state index in [1.165, 1.54) is 0 Å². The highest BCUT2D eigenvalue weighted by Crippen LogP contribution is 2.40. The zero-order valence-electron chi connectivity index (χ0n) is 19.4. The second-order valence-corrected chi connectivity index (χ2v) is 8.39. The Bertz CT molecular complexity index is 985. The van der Waals surface area contributed by atoms with Crippen LogP contribution in [-0.4, -0.2) is 70.7 Å². The number of fused-ring (bicyclic) bond motifs is 2. The Labute approximate surface area is 190 Å². The maximum Gasteiger partial charge on any atom is 0.276 e. The molecular formula is C24H34N6O2. The fourth-order valence-electron chi connectivity index (χ4n) is 4.69. The Hall–Kier alpha value is -2.71. The molecule has 172 valence electrons. The van der Waals surface area contributed by atoms with Gasteiger partial charge in [0.25, 0.3) is 5.91 Å². The molecule has 2 aliphatic rings. The molecule has 2 amide bonds. The molecule has 0 unspecified atom stereocenters. The molecule has 0 spiro atoms. The summed E-state index contributed by atoms with van der Waals surface area (Å²) in [6.45, 7) is 12.7. The molecule has 3 heterocycles. The van der Waals surface area contributed by atoms with Crippen LogP contribution in [0.25, 0.3) is 0 Å². The van der Waals surface area contributed by atoms with Crippen LogP contribution in [0.1, 0.15) is 49.8 Å². The highest BCUT2D eigenvalue weighted by Gasteiger charge is 2.35. The number of aromatic nitrogens is 2. The van der Waals surface area contributed by atoms with Crippen LogP contribution in [0, 0.1) is 0 Å². The van der Waals surface area contributed by atoms with Gasteiger partial charge in [-0.3, -0.25) is 19.2 Å². The monoisotopic (exact) mass is 438 g/mol. The number of nitrogens with zero attached hydrogens (tertiary/aromatic N) is 5. The highest BCUT2D eigenvalue weighted by atomic mass is 16.2. The lowest BCUT2D eigenvalue weighted by molar-refractivity contribution is -0.118. The third-order valence-electron chi connectivity index (χ3n) is 6.48. The van der Waals surface area contributed by atoms with Gasteiger partial charge < -0.3 is 15.1 Å². The van der Waals surface area contributed by atoms with Crippen LogP contribution in [0.4, 0.5) is 17.1 Å². The number of aryl methyl sites for hydroxylation is 2. The SMILES string of the molecule is CCc1nn(CC)c2c1N(C(=O)CCN1CCCN(CC)CC1)c1ccccc1NC2=O. The lowest BCUT2D eigenvalue weighted by Gasteiger charge is -2.26. The van der Waals surface area contributed by atoms with Crippen LogP contribution in [0.5, 0.6) is 0 Å². The van der Waals surface area contributed by atoms with Crippen molar-refractivity contribution in [2.24, 2.45) is 0 Å². The summed E-state index contributed by atoms with van der Waals surface area (Å²) in [7, 11) is 0. The summed E-state index contributed by atoms with van der Waals surface area (Å²) >= 11 is 0. The number of likely N-dealkylation sites (N-methyl/N-ethyl adjacent to an activating group) is 1. The zero-order valence-corrected chi connectivity index (χ0v) is 19.4. The van der Waals surface area contributed by atoms with Gasteiger partial charge in [-0.25, -0.2) is 0 Å². The Morgan fingerprint density at radius 3 is 2.53 bits per heavy atom. The van der Waals surface area contributed by atoms with Gasteiger partial charge in [0.1, 0.15) is 5.69 Å². The molecule has 1 fully saturated rings. The number of carbonyl (C=O) groups is 2. The summed E-state index contributed by atoms with van der Waals surface area (Å²) in [6, 6.07) is 7.53. The minimum atomic E-state index is -0.219. The molecule has 0 aliphatic carbocycles. The molecule has 32 heavy (non-hydrogen) atoms. The topological polar surface area (TPSA) is 73.7 Å². The number of hydrogen-bond donors (Lipinski definition) is 1. The van der Waals surface area contributed by atoms with Crippen molar-refractivity contribution in [1.82, 2.24) is 19.6 Å². The van der Waals surface area contributed by atoms with E-state index in [2.05, 4.69) is 27.1 Å². The lowest BCUT2D eigenvalue weighted by Crippen LogP contribution is -2.35. The Kier molecular flexibility index (Phi) is 6.91. The van der Waals surface area contributed by atoms with E-state index < -0.39 is 0 Å². The van der Waals surface area contributed by atoms with Gasteiger partial charge >= 0.3 is 0 Å². The second kappa shape index (κ2) is 9.83. The van der Waals surface area contributed by atoms with Gasteiger partial charge in [-0.2, -0.15) is 5.10 Å². The average molecular weight is 439 g/mol. The van der Waals surface area contributed by atoms with Crippen molar-refractivity contribution in [2.45, 2.75) is 46.6 Å². The van der Waals surface area contributed by atoms with Crippen molar-refractivity contribution in [2.75, 3.05) is 49.5 Å². The summed E-state index contributed by atoms with van der Waals surface area (Å²) in [5.41, 5.74) is 3.23. The molecule has 0 saturated carbocycles. The molecule has 1 saturated heterocycles. The average Bonchev–Trinajstić information content (AvgIpc) is 2.93. The van der Waals surface area contributed by atoms with E-state index in [0.29, 0.717) is 42.1 Å². The van der Waals surface area contributed by atoms with Crippen molar-refractivity contribution >= 4 is 28.9 Å². The molecule has 1 aromatic heterocycles. The quantitative estimate of drug-likeness (QED) is 0.750. The van der Waals surface area contributed by atoms with E-state index in [1.807, 2.05) is 38.1 Å². The molecule has 4 rings (SSSR count). The van der Waals surface area contributed by atoms with Crippen LogP contribution in [-0.2, 0) is 17.8 Å². The second-order valence-electron chi connectivity index (χ2n) is 8.39. The first-order chi connectivity index (χ1) is 15.6. The number of amides is 2. The fraction of sp³-hybridized carbons (Fsp3) is 0.542. The summed E-state index contributed by atoms with van der Waals surface area (Å²) in [6.07, 6.45) is 2.17. The highest BCUT2D eigenvalue weighted by molar-refractivity contribution is 6.17. The number of nitrogens with one attached hydrogen (secondary N) is 1. The number of benzene rings is 1. The number of para-hydroxylation sites is 2. The van der Waals surface area contributed by atoms with Gasteiger partial charge in [0.2, 0.25) is 5.91 Å². The number of hydrogen-bond acceptors (Lipinski definition) is 5. The zero-order chi connectivity index (χ0) is 22.7. The summed E-state index contributed by atoms with van der Waals surface area (Å²) in [4.78, 5) is 33.4. The van der Waals surface area contributed by atoms with Crippen molar-refractivity contribution in [1.29, 1.82) is 0 Å². The third-order valence-corrected chi connectivity index (χ3v) is 6.48. The van der Waals surface area contributed by atoms with Crippen LogP contribution in [0.15, 0.2) is 24.3 Å². The molecule has 1 N–H and O–H groups in total. The van der Waals surface area contributed by atoms with E-state index in [0.717, 1.165) is 51.4 Å². The van der Waals surface area contributed by atoms with Crippen molar-refractivity contribution < 1.29 is 9.59 Å². The molecule has 0 bridgehead atoms. The first kappa shape index (κ1) is 22.5. The lowest BCUT2D eigenvalue weighted by atomic mass is 10.1. The van der Waals surface area contributed by atoms with Crippen LogP contribution in [0.3, 0.4) is 0 Å². The van der Waals surface area contributed by atoms with Crippen LogP contribution < -0.4 is 10.2 Å². The Morgan fingerprint density at radius 2 is 1.78 bits per heavy atom. The van der Waals surface area contributed by atoms with Gasteiger partial charge in [-0.1, -0.05) is 26.0 Å². The molecule has 8 heteroatoms. The first-order valence-electron chi connectivity index (χ1n) is 11.8. The van der Waals surface area contributed by atoms with E-state index in [-0.39, 0.29) is 11.8 Å². The first-order valence-corrected chi connectivity index (χ1v) is 11.8. The molecule has 2 aliphatic heterocycles. The van der Waals surface area contributed by atoms with E-state index in [4.69, 9.17) is 0 Å². The predicted molar refractivity (Wildman–Crippen MR) is 127 cm³/mol. The molecule has 1 aromatic carbocycles. The normalized spacial score (nSPS) is 17.3. The number of carbonyl (C=O) groups excluding carboxylic acids is 2. The predicted octanol–water partition coefficient (Wildman–Crippen LogP) is 3.11. The summed E-state index contributed by atoms with van der Waals surface area (Å²) in [5, 5.41) is 7.64. The van der Waals surface area contributed by atoms with E-state index in [9.17, 15) is 9.59 Å². The van der Waals surface area contributed by atoms with Crippen molar-refractivity contribution in [3.8, 4) is 0 Å². The van der Waals surface area contributed by atoms with Crippen molar-refractivity contribution in [3.63, 3.8) is 0 Å². The van der Waals surface area contributed by atoms with Gasteiger partial charge in [-0.05, 0) is 51.5 Å². The van der Waals surface area contributed by atoms with Gasteiger partial charge in [0.05, 0.1) is 17.1 Å². The summed E-state index contributed by atoms with van der Waals surface area (Å²) < 4.78 is 1.71. The maximum atomic E-state index is 13.7. The van der Waals surface area contributed by atoms with Crippen molar-refractivity contribution in [3.05, 3.63) is 35.7 Å². The molecule has 0 atom stereocenters. The minimum absolute atomic E-state index is 0.00264. The van der Waals surface area contributed by atoms with E-state index in [1.54, 1.807) is 9.58 Å². The van der Waals surface area contributed by atoms with Crippen LogP contribution >= 0.6 is 0 Å². The molecule has 0 radical (unpaired) electrons. The van der Waals surface area contributed by atoms with Gasteiger partial charge in [0, 0.05) is 32.6 Å². The Morgan fingerprint density at radius 1 is 1.03 bits per heavy atom. The smallest absolute Gasteiger partial charge is 0.276 e. The van der Waals surface area contributed by atoms with Gasteiger partial charge in [-0.15, -0.1) is 0 Å². The standard InChI is InChI=1S/C24H34N6O2/c1-4-18-22-23(29(6-3)26-18)24(32)25-19-10-7-8-11-20(19)30(22)21(31)12-15-28-14-9-13-27(5-2)16-17-28/h7-8,10-11H,4-6,9,12-17H2,1-3H3,(H,25,32). The Balaban J connectivity index is 1.65. The van der Waals surface area contributed by atoms with E-state index >= 15 is 0 Å². The van der Waals surface area contributed by atoms with Gasteiger partial charge in [0.15, 0.2) is 5.69 Å². The molecule has 8 nitrogen and oxygen atoms in total. The molecular weight excluding hydrogens is 404 g/mol. The number of anilines is 3. The van der Waals surface area contributed by atoms with Crippen LogP contribution in [0.2, 0.25) is 0 Å². The number of rotatable bonds is 6. The largest absolute Gasteiger partial charge is 0.319 e. The minimum Gasteiger partial charge on any atom is -0.319 e. The molecule has 2 aromatic rings.